The smallest absolute Gasteiger partial charge is 0.343 e. The third-order valence-corrected chi connectivity index (χ3v) is 18.5. The number of likely N-dealkylation sites (N-methyl/N-ethyl adjacent to an activating group) is 7. The molecule has 1 spiro atoms. The van der Waals surface area contributed by atoms with E-state index < -0.39 is 161 Å². The molecular weight excluding hydrogens is 1170 g/mol. The number of hydrogen-bond donors (Lipinski definition) is 3. The molecule has 2 aliphatic carbocycles. The number of amides is 11. The number of nitrogens with zero attached hydrogens (tertiary/aromatic N) is 8. The van der Waals surface area contributed by atoms with Gasteiger partial charge in [-0.25, -0.2) is 0 Å². The SMILES string of the molecule is CC[C@H](C)[C@@H]1NC(=O)[C@H](CC(C)C)N(C)C(=O)C[C@@H](C)N(C)C(=O)[C@H](C(C)C)N(C)C(=O)C2(CCCC2)NC(=O)C2CCCN2C(=O)[C@H](CCc2ccc(C(F)(F)F)c(Cl)c2)NC(=O)CN(C)C(=O)[C@H](CC2CC2)N(C)C(=O)CN(C)C(=O)CN(C)C1=O. The van der Waals surface area contributed by atoms with E-state index in [4.69, 9.17) is 11.6 Å². The van der Waals surface area contributed by atoms with Crippen LogP contribution < -0.4 is 16.0 Å². The monoisotopic (exact) mass is 1260 g/mol. The summed E-state index contributed by atoms with van der Waals surface area (Å²) >= 11 is 6.09. The van der Waals surface area contributed by atoms with Crippen molar-refractivity contribution in [2.24, 2.45) is 23.7 Å². The summed E-state index contributed by atoms with van der Waals surface area (Å²) in [5, 5.41) is 8.04. The second kappa shape index (κ2) is 30.8. The molecule has 26 heteroatoms. The van der Waals surface area contributed by atoms with E-state index >= 15 is 4.79 Å². The first-order valence-corrected chi connectivity index (χ1v) is 31.3. The number of rotatable bonds is 10. The van der Waals surface area contributed by atoms with Crippen LogP contribution in [0.15, 0.2) is 18.2 Å². The van der Waals surface area contributed by atoms with E-state index in [1.54, 1.807) is 27.7 Å². The number of carbonyl (C=O) groups excluding carboxylic acids is 11. The molecule has 4 aliphatic rings. The van der Waals surface area contributed by atoms with Crippen molar-refractivity contribution in [1.82, 2.24) is 55.1 Å². The van der Waals surface area contributed by atoms with Gasteiger partial charge in [0.2, 0.25) is 65.0 Å². The van der Waals surface area contributed by atoms with Crippen LogP contribution in [0.3, 0.4) is 0 Å². The number of benzene rings is 1. The molecule has 2 heterocycles. The van der Waals surface area contributed by atoms with Gasteiger partial charge in [-0.15, -0.1) is 0 Å². The van der Waals surface area contributed by atoms with Crippen LogP contribution in [-0.4, -0.2) is 228 Å². The summed E-state index contributed by atoms with van der Waals surface area (Å²) in [6.07, 6.45) is -0.716. The Labute approximate surface area is 521 Å². The lowest BCUT2D eigenvalue weighted by molar-refractivity contribution is -0.152. The molecule has 2 aliphatic heterocycles. The Morgan fingerprint density at radius 1 is 0.670 bits per heavy atom. The van der Waals surface area contributed by atoms with Gasteiger partial charge in [-0.2, -0.15) is 13.2 Å². The molecular formula is C62H95ClF3N11O11. The molecule has 5 rings (SSSR count). The van der Waals surface area contributed by atoms with E-state index in [1.165, 1.54) is 79.9 Å². The fourth-order valence-corrected chi connectivity index (χ4v) is 12.4. The number of halogens is 4. The van der Waals surface area contributed by atoms with E-state index in [2.05, 4.69) is 16.0 Å². The van der Waals surface area contributed by atoms with Crippen LogP contribution in [0, 0.1) is 23.7 Å². The van der Waals surface area contributed by atoms with E-state index in [0.29, 0.717) is 31.2 Å². The maximum atomic E-state index is 15.1. The molecule has 1 unspecified atom stereocenters. The van der Waals surface area contributed by atoms with E-state index in [1.807, 2.05) is 20.8 Å². The van der Waals surface area contributed by atoms with E-state index in [0.717, 1.165) is 39.7 Å². The van der Waals surface area contributed by atoms with Gasteiger partial charge in [0, 0.05) is 68.3 Å². The standard InChI is InChI=1S/C62H95ClF3N11O11/c1-15-38(6)52-58(86)72(10)34-50(80)70(8)35-51(81)75(13)47(32-41-20-21-41)57(85)71(9)33-48(78)67-44(25-23-40-22-24-42(43(63)31-40)62(64,65)66)56(84)77-28-18-19-45(77)55(83)69-61(26-16-17-27-61)60(88)76(14)53(37(4)5)59(87)73(11)39(7)30-49(79)74(12)46(29-36(2)3)54(82)68-52/h22,24,31,36-39,41,44-47,52-53H,15-21,23,25-30,32-35H2,1-14H3,(H,67,78)(H,68,82)(H,69,83)/t38-,39+,44-,45?,46-,47-,52-,53-/m0/s1. The third-order valence-electron chi connectivity index (χ3n) is 18.2. The normalized spacial score (nSPS) is 26.4. The summed E-state index contributed by atoms with van der Waals surface area (Å²) in [6, 6.07) is -4.50. The Morgan fingerprint density at radius 2 is 1.27 bits per heavy atom. The van der Waals surface area contributed by atoms with Gasteiger partial charge in [0.05, 0.1) is 30.2 Å². The summed E-state index contributed by atoms with van der Waals surface area (Å²) in [5.74, 6) is -7.66. The molecule has 4 fully saturated rings. The van der Waals surface area contributed by atoms with Crippen LogP contribution >= 0.6 is 11.6 Å². The molecule has 2 saturated carbocycles. The Bertz CT molecular complexity index is 2740. The van der Waals surface area contributed by atoms with Gasteiger partial charge in [-0.1, -0.05) is 91.3 Å². The fraction of sp³-hybridized carbons (Fsp3) is 0.726. The average Bonchev–Trinajstić information content (AvgIpc) is 1.83. The van der Waals surface area contributed by atoms with Crippen LogP contribution in [0.5, 0.6) is 0 Å². The highest BCUT2D eigenvalue weighted by atomic mass is 35.5. The second-order valence-corrected chi connectivity index (χ2v) is 26.3. The van der Waals surface area contributed by atoms with Crippen molar-refractivity contribution < 1.29 is 65.9 Å². The molecule has 8 atom stereocenters. The van der Waals surface area contributed by atoms with Gasteiger partial charge in [-0.3, -0.25) is 52.7 Å². The van der Waals surface area contributed by atoms with Gasteiger partial charge in [0.1, 0.15) is 41.8 Å². The largest absolute Gasteiger partial charge is 0.417 e. The molecule has 2 saturated heterocycles. The summed E-state index contributed by atoms with van der Waals surface area (Å²) in [7, 11) is 10.0. The predicted molar refractivity (Wildman–Crippen MR) is 323 cm³/mol. The summed E-state index contributed by atoms with van der Waals surface area (Å²) in [6.45, 7) is 11.0. The minimum absolute atomic E-state index is 0.0600. The number of carbonyl (C=O) groups is 11. The first-order chi connectivity index (χ1) is 41.0. The van der Waals surface area contributed by atoms with Crippen molar-refractivity contribution in [3.8, 4) is 0 Å². The topological polar surface area (TPSA) is 250 Å². The van der Waals surface area contributed by atoms with Crippen molar-refractivity contribution >= 4 is 76.6 Å². The predicted octanol–water partition coefficient (Wildman–Crippen LogP) is 4.34. The van der Waals surface area contributed by atoms with Gasteiger partial charge in [0.25, 0.3) is 0 Å². The van der Waals surface area contributed by atoms with Crippen LogP contribution in [0.25, 0.3) is 0 Å². The highest BCUT2D eigenvalue weighted by Gasteiger charge is 2.50. The lowest BCUT2D eigenvalue weighted by atomic mass is 9.91. The van der Waals surface area contributed by atoms with Crippen molar-refractivity contribution in [3.63, 3.8) is 0 Å². The second-order valence-electron chi connectivity index (χ2n) is 25.9. The van der Waals surface area contributed by atoms with Crippen molar-refractivity contribution in [2.75, 3.05) is 75.5 Å². The fourth-order valence-electron chi connectivity index (χ4n) is 12.1. The molecule has 88 heavy (non-hydrogen) atoms. The minimum Gasteiger partial charge on any atom is -0.343 e. The Balaban J connectivity index is 1.53. The summed E-state index contributed by atoms with van der Waals surface area (Å²) in [5.41, 5.74) is -2.25. The summed E-state index contributed by atoms with van der Waals surface area (Å²) < 4.78 is 41.2. The highest BCUT2D eigenvalue weighted by Crippen LogP contribution is 2.37. The number of alkyl halides is 3. The molecule has 492 valence electrons. The summed E-state index contributed by atoms with van der Waals surface area (Å²) in [4.78, 5) is 169. The quantitative estimate of drug-likeness (QED) is 0.297. The van der Waals surface area contributed by atoms with Crippen LogP contribution in [-0.2, 0) is 65.3 Å². The van der Waals surface area contributed by atoms with Gasteiger partial charge in [-0.05, 0) is 99.7 Å². The van der Waals surface area contributed by atoms with Gasteiger partial charge in [0.15, 0.2) is 0 Å². The minimum atomic E-state index is -4.74. The Hall–Kier alpha value is -6.53. The molecule has 1 aromatic rings. The maximum Gasteiger partial charge on any atom is 0.417 e. The maximum absolute atomic E-state index is 15.1. The van der Waals surface area contributed by atoms with Crippen molar-refractivity contribution in [2.45, 2.75) is 192 Å². The number of fused-ring (bicyclic) bond motifs is 1. The average molecular weight is 1260 g/mol. The van der Waals surface area contributed by atoms with Gasteiger partial charge >= 0.3 is 6.18 Å². The van der Waals surface area contributed by atoms with E-state index in [-0.39, 0.29) is 69.7 Å². The molecule has 0 bridgehead atoms. The lowest BCUT2D eigenvalue weighted by Crippen LogP contribution is -2.64. The third kappa shape index (κ3) is 18.1. The van der Waals surface area contributed by atoms with E-state index in [9.17, 15) is 61.1 Å². The Kier molecular flexibility index (Phi) is 25.3. The highest BCUT2D eigenvalue weighted by molar-refractivity contribution is 6.31. The number of nitrogens with one attached hydrogen (secondary N) is 3. The molecule has 22 nitrogen and oxygen atoms in total. The van der Waals surface area contributed by atoms with Crippen LogP contribution in [0.1, 0.15) is 143 Å². The first kappa shape index (κ1) is 72.2. The molecule has 0 aromatic heterocycles. The van der Waals surface area contributed by atoms with Gasteiger partial charge < -0.3 is 55.1 Å². The molecule has 0 radical (unpaired) electrons. The molecule has 1 aromatic carbocycles. The first-order valence-electron chi connectivity index (χ1n) is 30.9. The van der Waals surface area contributed by atoms with Crippen LogP contribution in [0.4, 0.5) is 13.2 Å². The zero-order chi connectivity index (χ0) is 66.0. The van der Waals surface area contributed by atoms with Crippen molar-refractivity contribution in [3.05, 3.63) is 34.3 Å². The van der Waals surface area contributed by atoms with Crippen molar-refractivity contribution in [1.29, 1.82) is 0 Å². The molecule has 11 amide bonds. The Morgan fingerprint density at radius 3 is 1.84 bits per heavy atom. The lowest BCUT2D eigenvalue weighted by Gasteiger charge is -2.41. The molecule has 3 N–H and O–H groups in total. The number of aryl methyl sites for hydroxylation is 1. The number of hydrogen-bond acceptors (Lipinski definition) is 11. The zero-order valence-corrected chi connectivity index (χ0v) is 54.6. The zero-order valence-electron chi connectivity index (χ0n) is 53.9. The van der Waals surface area contributed by atoms with Crippen LogP contribution in [0.2, 0.25) is 5.02 Å².